The highest BCUT2D eigenvalue weighted by Gasteiger charge is 2.17. The lowest BCUT2D eigenvalue weighted by molar-refractivity contribution is 0.171. The van der Waals surface area contributed by atoms with Crippen LogP contribution in [0.4, 0.5) is 21.5 Å². The van der Waals surface area contributed by atoms with E-state index in [0.29, 0.717) is 18.8 Å². The molecule has 37 heavy (non-hydrogen) atoms. The molecule has 1 heterocycles. The van der Waals surface area contributed by atoms with Gasteiger partial charge in [-0.15, -0.1) is 0 Å². The molecule has 6 N–H and O–H groups in total. The SMILES string of the molecule is CS(=O)(=O)Nc1ccc2c(c1)[nH]c1cc(NCCNCC(O)c3cccc(NS(C)(=O)=O)c3F)ccc12. The molecule has 0 aliphatic rings. The van der Waals surface area contributed by atoms with Crippen molar-refractivity contribution in [2.75, 3.05) is 46.9 Å². The number of aromatic amines is 1. The van der Waals surface area contributed by atoms with Crippen molar-refractivity contribution in [3.8, 4) is 0 Å². The number of benzene rings is 3. The van der Waals surface area contributed by atoms with Gasteiger partial charge in [-0.25, -0.2) is 21.2 Å². The van der Waals surface area contributed by atoms with Gasteiger partial charge in [-0.05, 0) is 30.3 Å². The van der Waals surface area contributed by atoms with Crippen LogP contribution in [0.3, 0.4) is 0 Å². The summed E-state index contributed by atoms with van der Waals surface area (Å²) < 4.78 is 64.9. The zero-order valence-corrected chi connectivity index (χ0v) is 21.8. The van der Waals surface area contributed by atoms with Crippen molar-refractivity contribution in [2.24, 2.45) is 0 Å². The Morgan fingerprint density at radius 3 is 2.14 bits per heavy atom. The van der Waals surface area contributed by atoms with Gasteiger partial charge in [0, 0.05) is 52.7 Å². The van der Waals surface area contributed by atoms with E-state index in [2.05, 4.69) is 25.1 Å². The van der Waals surface area contributed by atoms with E-state index in [1.165, 1.54) is 18.2 Å². The van der Waals surface area contributed by atoms with Crippen molar-refractivity contribution >= 4 is 58.9 Å². The number of hydrogen-bond donors (Lipinski definition) is 6. The van der Waals surface area contributed by atoms with Crippen molar-refractivity contribution in [2.45, 2.75) is 6.10 Å². The second-order valence-electron chi connectivity index (χ2n) is 8.75. The first-order chi connectivity index (χ1) is 17.4. The minimum absolute atomic E-state index is 0.00624. The molecule has 0 bridgehead atoms. The van der Waals surface area contributed by atoms with E-state index in [0.717, 1.165) is 40.0 Å². The van der Waals surface area contributed by atoms with E-state index in [4.69, 9.17) is 0 Å². The van der Waals surface area contributed by atoms with Gasteiger partial charge < -0.3 is 20.7 Å². The molecule has 1 unspecified atom stereocenters. The monoisotopic (exact) mass is 549 g/mol. The van der Waals surface area contributed by atoms with Gasteiger partial charge in [0.2, 0.25) is 20.0 Å². The van der Waals surface area contributed by atoms with E-state index in [1.807, 2.05) is 24.3 Å². The number of hydrogen-bond acceptors (Lipinski definition) is 7. The Kier molecular flexibility index (Phi) is 7.59. The molecule has 1 aromatic heterocycles. The molecular formula is C24H28FN5O5S2. The normalized spacial score (nSPS) is 13.1. The molecule has 0 fully saturated rings. The first-order valence-electron chi connectivity index (χ1n) is 11.3. The van der Waals surface area contributed by atoms with Gasteiger partial charge in [-0.1, -0.05) is 24.3 Å². The molecule has 4 rings (SSSR count). The van der Waals surface area contributed by atoms with Crippen LogP contribution in [0.15, 0.2) is 54.6 Å². The van der Waals surface area contributed by atoms with Gasteiger partial charge in [-0.3, -0.25) is 9.44 Å². The van der Waals surface area contributed by atoms with Gasteiger partial charge in [0.15, 0.2) is 5.82 Å². The number of fused-ring (bicyclic) bond motifs is 3. The number of anilines is 3. The Morgan fingerprint density at radius 1 is 0.865 bits per heavy atom. The van der Waals surface area contributed by atoms with E-state index in [-0.39, 0.29) is 17.8 Å². The Bertz CT molecular complexity index is 1660. The Balaban J connectivity index is 1.33. The average Bonchev–Trinajstić information content (AvgIpc) is 3.15. The standard InChI is InChI=1S/C24H28FN5O5S2/c1-36(32,33)29-16-7-9-18-17-8-6-15(12-21(17)28-22(18)13-16)27-11-10-26-14-23(31)19-4-3-5-20(24(19)25)30-37(2,34)35/h3-9,12-13,23,26-31H,10-11,14H2,1-2H3. The third-order valence-electron chi connectivity index (χ3n) is 5.55. The minimum Gasteiger partial charge on any atom is -0.387 e. The van der Waals surface area contributed by atoms with Gasteiger partial charge in [0.05, 0.1) is 30.0 Å². The molecule has 0 aliphatic heterocycles. The maximum Gasteiger partial charge on any atom is 0.229 e. The van der Waals surface area contributed by atoms with Gasteiger partial charge in [0.25, 0.3) is 0 Å². The summed E-state index contributed by atoms with van der Waals surface area (Å²) in [6.45, 7) is 1.08. The van der Waals surface area contributed by atoms with E-state index in [1.54, 1.807) is 12.1 Å². The molecule has 10 nitrogen and oxygen atoms in total. The van der Waals surface area contributed by atoms with Crippen molar-refractivity contribution < 1.29 is 26.3 Å². The molecule has 0 amide bonds. The molecule has 0 saturated heterocycles. The lowest BCUT2D eigenvalue weighted by Crippen LogP contribution is -2.27. The molecule has 0 radical (unpaired) electrons. The van der Waals surface area contributed by atoms with Crippen LogP contribution >= 0.6 is 0 Å². The summed E-state index contributed by atoms with van der Waals surface area (Å²) in [5.41, 5.74) is 2.81. The summed E-state index contributed by atoms with van der Waals surface area (Å²) in [6.07, 6.45) is 0.867. The number of aliphatic hydroxyl groups excluding tert-OH is 1. The quantitative estimate of drug-likeness (QED) is 0.157. The topological polar surface area (TPSA) is 152 Å². The van der Waals surface area contributed by atoms with Gasteiger partial charge in [0.1, 0.15) is 0 Å². The second kappa shape index (κ2) is 10.5. The molecule has 4 aromatic rings. The summed E-state index contributed by atoms with van der Waals surface area (Å²) >= 11 is 0. The molecular weight excluding hydrogens is 521 g/mol. The van der Waals surface area contributed by atoms with Crippen molar-refractivity contribution in [3.63, 3.8) is 0 Å². The van der Waals surface area contributed by atoms with Crippen LogP contribution in [-0.4, -0.2) is 59.1 Å². The molecule has 13 heteroatoms. The van der Waals surface area contributed by atoms with E-state index >= 15 is 0 Å². The summed E-state index contributed by atoms with van der Waals surface area (Å²) in [6, 6.07) is 15.3. The Morgan fingerprint density at radius 2 is 1.49 bits per heavy atom. The fourth-order valence-corrected chi connectivity index (χ4v) is 5.14. The van der Waals surface area contributed by atoms with Crippen LogP contribution in [0.2, 0.25) is 0 Å². The Hall–Kier alpha value is -3.39. The predicted molar refractivity (Wildman–Crippen MR) is 145 cm³/mol. The molecule has 3 aromatic carbocycles. The highest BCUT2D eigenvalue weighted by molar-refractivity contribution is 7.92. The molecule has 0 aliphatic carbocycles. The number of rotatable bonds is 11. The van der Waals surface area contributed by atoms with Crippen LogP contribution in [0, 0.1) is 5.82 Å². The van der Waals surface area contributed by atoms with Crippen molar-refractivity contribution in [1.29, 1.82) is 0 Å². The number of sulfonamides is 2. The van der Waals surface area contributed by atoms with Crippen LogP contribution in [-0.2, 0) is 20.0 Å². The molecule has 198 valence electrons. The number of aliphatic hydroxyl groups is 1. The Labute approximate surface area is 214 Å². The molecule has 0 saturated carbocycles. The number of nitrogens with one attached hydrogen (secondary N) is 5. The summed E-state index contributed by atoms with van der Waals surface area (Å²) in [5, 5.41) is 18.7. The maximum absolute atomic E-state index is 14.6. The summed E-state index contributed by atoms with van der Waals surface area (Å²) in [7, 11) is -7.01. The van der Waals surface area contributed by atoms with E-state index in [9.17, 15) is 26.3 Å². The van der Waals surface area contributed by atoms with Gasteiger partial charge in [-0.2, -0.15) is 0 Å². The third-order valence-corrected chi connectivity index (χ3v) is 6.75. The predicted octanol–water partition coefficient (Wildman–Crippen LogP) is 2.94. The lowest BCUT2D eigenvalue weighted by Gasteiger charge is -2.15. The average molecular weight is 550 g/mol. The van der Waals surface area contributed by atoms with E-state index < -0.39 is 32.0 Å². The third kappa shape index (κ3) is 6.89. The van der Waals surface area contributed by atoms with Crippen LogP contribution in [0.1, 0.15) is 11.7 Å². The highest BCUT2D eigenvalue weighted by atomic mass is 32.2. The van der Waals surface area contributed by atoms with Crippen molar-refractivity contribution in [1.82, 2.24) is 10.3 Å². The fourth-order valence-electron chi connectivity index (χ4n) is 4.03. The smallest absolute Gasteiger partial charge is 0.229 e. The minimum atomic E-state index is -3.65. The zero-order chi connectivity index (χ0) is 26.8. The van der Waals surface area contributed by atoms with Crippen LogP contribution in [0.25, 0.3) is 21.8 Å². The number of aromatic nitrogens is 1. The second-order valence-corrected chi connectivity index (χ2v) is 12.2. The molecule has 0 spiro atoms. The largest absolute Gasteiger partial charge is 0.387 e. The first-order valence-corrected chi connectivity index (χ1v) is 15.1. The lowest BCUT2D eigenvalue weighted by atomic mass is 10.1. The van der Waals surface area contributed by atoms with Crippen LogP contribution in [0.5, 0.6) is 0 Å². The first kappa shape index (κ1) is 26.7. The van der Waals surface area contributed by atoms with Crippen molar-refractivity contribution in [3.05, 3.63) is 66.0 Å². The molecule has 1 atom stereocenters. The summed E-state index contributed by atoms with van der Waals surface area (Å²) in [5.74, 6) is -0.814. The number of H-pyrrole nitrogens is 1. The summed E-state index contributed by atoms with van der Waals surface area (Å²) in [4.78, 5) is 3.30. The maximum atomic E-state index is 14.6. The number of halogens is 1. The van der Waals surface area contributed by atoms with Crippen LogP contribution < -0.4 is 20.1 Å². The highest BCUT2D eigenvalue weighted by Crippen LogP contribution is 2.29. The zero-order valence-electron chi connectivity index (χ0n) is 20.2. The fraction of sp³-hybridized carbons (Fsp3) is 0.250. The van der Waals surface area contributed by atoms with Gasteiger partial charge >= 0.3 is 0 Å².